The Labute approximate surface area is 297 Å². The van der Waals surface area contributed by atoms with E-state index >= 15 is 0 Å². The predicted octanol–water partition coefficient (Wildman–Crippen LogP) is 8.73. The fraction of sp³-hybridized carbons (Fsp3) is 0.200. The van der Waals surface area contributed by atoms with Crippen LogP contribution in [0.1, 0.15) is 39.5 Å². The SMILES string of the molecule is CCCCC(CC)C[O][Pt][c]1cccc2c3nc4nc(nc5[nH]c(nc6nc(nc([nH]3)c12)-c1ccccc1-6)c1ccccc51)-c1ccccc1-4. The summed E-state index contributed by atoms with van der Waals surface area (Å²) in [5.41, 5.74) is 6.46. The van der Waals surface area contributed by atoms with Crippen LogP contribution in [0.2, 0.25) is 0 Å². The molecule has 1 atom stereocenters. The van der Waals surface area contributed by atoms with Gasteiger partial charge in [0.1, 0.15) is 0 Å². The van der Waals surface area contributed by atoms with Crippen molar-refractivity contribution in [1.29, 1.82) is 0 Å². The molecule has 50 heavy (non-hydrogen) atoms. The number of benzene rings is 4. The van der Waals surface area contributed by atoms with Gasteiger partial charge in [0.15, 0.2) is 0 Å². The van der Waals surface area contributed by atoms with E-state index in [0.717, 1.165) is 60.8 Å². The normalized spacial score (nSPS) is 12.8. The number of aromatic amines is 2. The van der Waals surface area contributed by atoms with Crippen molar-refractivity contribution in [1.82, 2.24) is 39.9 Å². The number of fused-ring (bicyclic) bond motifs is 20. The van der Waals surface area contributed by atoms with Crippen LogP contribution >= 0.6 is 0 Å². The first-order valence-corrected chi connectivity index (χ1v) is 19.2. The van der Waals surface area contributed by atoms with Gasteiger partial charge in [0.25, 0.3) is 0 Å². The molecule has 2 aliphatic heterocycles. The molecule has 5 heterocycles. The molecule has 7 aromatic rings. The van der Waals surface area contributed by atoms with Gasteiger partial charge in [0.2, 0.25) is 0 Å². The van der Waals surface area contributed by atoms with Gasteiger partial charge in [-0.15, -0.1) is 0 Å². The molecule has 8 bridgehead atoms. The van der Waals surface area contributed by atoms with E-state index in [2.05, 4.69) is 60.2 Å². The van der Waals surface area contributed by atoms with E-state index in [9.17, 15) is 0 Å². The molecule has 9 rings (SSSR count). The fourth-order valence-electron chi connectivity index (χ4n) is 6.73. The Morgan fingerprint density at radius 3 is 1.58 bits per heavy atom. The molecular weight excluding hydrogens is 804 g/mol. The number of rotatable bonds is 8. The molecule has 0 aliphatic carbocycles. The van der Waals surface area contributed by atoms with Crippen molar-refractivity contribution >= 4 is 48.1 Å². The van der Waals surface area contributed by atoms with E-state index in [4.69, 9.17) is 33.3 Å². The van der Waals surface area contributed by atoms with E-state index in [-0.39, 0.29) is 0 Å². The molecule has 3 aromatic heterocycles. The average Bonchev–Trinajstić information content (AvgIpc) is 3.89. The van der Waals surface area contributed by atoms with Crippen molar-refractivity contribution in [3.8, 4) is 45.6 Å². The molecule has 1 unspecified atom stereocenters. The summed E-state index contributed by atoms with van der Waals surface area (Å²) in [6, 6.07) is 30.7. The molecule has 2 N–H and O–H groups in total. The standard InChI is InChI=1S/C32H17N8.C8H17O.Pt/c1-2-10-18-17(9-1)25-33-26(18)38-28-21-13-5-6-14-22(21)30(35-28)40-32-24-16-8-7-15-23(24)31(36-32)39-29-20-12-4-3-11-19(20)27(34-29)37-25;1-3-5-6-8(4-2)7-9;/h1-15H,(H2,33,34,35,36,37,38,39,40);8H,3-7H2,1-2H3;/q;-1;+1. The zero-order valence-corrected chi connectivity index (χ0v) is 30.0. The molecule has 0 amide bonds. The third-order valence-electron chi connectivity index (χ3n) is 9.45. The Hall–Kier alpha value is -5.11. The zero-order chi connectivity index (χ0) is 33.6. The summed E-state index contributed by atoms with van der Waals surface area (Å²) in [7, 11) is 0. The molecule has 0 saturated carbocycles. The Kier molecular flexibility index (Phi) is 8.02. The van der Waals surface area contributed by atoms with E-state index in [1.165, 1.54) is 19.3 Å². The van der Waals surface area contributed by atoms with Crippen LogP contribution in [0, 0.1) is 5.92 Å². The van der Waals surface area contributed by atoms with Crippen LogP contribution in [0.25, 0.3) is 89.7 Å². The average molecular weight is 838 g/mol. The van der Waals surface area contributed by atoms with Gasteiger partial charge in [-0.05, 0) is 0 Å². The Morgan fingerprint density at radius 2 is 1.04 bits per heavy atom. The predicted molar refractivity (Wildman–Crippen MR) is 195 cm³/mol. The van der Waals surface area contributed by atoms with Crippen LogP contribution < -0.4 is 3.95 Å². The summed E-state index contributed by atoms with van der Waals surface area (Å²) in [6.07, 6.45) is 4.76. The topological polar surface area (TPSA) is 118 Å². The van der Waals surface area contributed by atoms with Gasteiger partial charge in [0.05, 0.1) is 0 Å². The number of hydrogen-bond donors (Lipinski definition) is 2. The molecule has 10 heteroatoms. The molecular formula is C40H34N8OPt. The number of nitrogens with zero attached hydrogens (tertiary/aromatic N) is 6. The van der Waals surface area contributed by atoms with Gasteiger partial charge in [-0.25, -0.2) is 0 Å². The maximum atomic E-state index is 6.51. The number of nitrogens with one attached hydrogen (secondary N) is 2. The second kappa shape index (κ2) is 13.0. The van der Waals surface area contributed by atoms with Gasteiger partial charge < -0.3 is 0 Å². The Balaban J connectivity index is 1.33. The first-order valence-electron chi connectivity index (χ1n) is 17.1. The molecule has 9 nitrogen and oxygen atoms in total. The van der Waals surface area contributed by atoms with Crippen LogP contribution in [0.4, 0.5) is 0 Å². The van der Waals surface area contributed by atoms with Crippen LogP contribution in [-0.2, 0) is 22.3 Å². The van der Waals surface area contributed by atoms with Crippen molar-refractivity contribution in [3.63, 3.8) is 0 Å². The zero-order valence-electron chi connectivity index (χ0n) is 27.7. The van der Waals surface area contributed by atoms with Gasteiger partial charge >= 0.3 is 293 Å². The molecule has 250 valence electrons. The third-order valence-corrected chi connectivity index (χ3v) is 11.6. The number of H-pyrrole nitrogens is 2. The fourth-order valence-corrected chi connectivity index (χ4v) is 8.99. The van der Waals surface area contributed by atoms with Crippen molar-refractivity contribution in [2.24, 2.45) is 5.92 Å². The van der Waals surface area contributed by atoms with Crippen molar-refractivity contribution < 1.29 is 22.3 Å². The van der Waals surface area contributed by atoms with Crippen molar-refractivity contribution in [2.45, 2.75) is 39.5 Å². The second-order valence-corrected chi connectivity index (χ2v) is 15.0. The minimum atomic E-state index is -0.773. The van der Waals surface area contributed by atoms with Crippen molar-refractivity contribution in [2.75, 3.05) is 6.61 Å². The first kappa shape index (κ1) is 30.9. The van der Waals surface area contributed by atoms with Gasteiger partial charge in [-0.1, -0.05) is 6.07 Å². The second-order valence-electron chi connectivity index (χ2n) is 12.6. The monoisotopic (exact) mass is 837 g/mol. The van der Waals surface area contributed by atoms with Gasteiger partial charge in [-0.3, -0.25) is 0 Å². The summed E-state index contributed by atoms with van der Waals surface area (Å²) in [5, 5.41) is 3.89. The molecule has 4 aromatic carbocycles. The van der Waals surface area contributed by atoms with Crippen LogP contribution in [0.15, 0.2) is 91.0 Å². The first-order chi connectivity index (χ1) is 24.7. The summed E-state index contributed by atoms with van der Waals surface area (Å²) < 4.78 is 7.67. The Bertz CT molecular complexity index is 2590. The van der Waals surface area contributed by atoms with Gasteiger partial charge in [0, 0.05) is 0 Å². The number of hydrogen-bond acceptors (Lipinski definition) is 7. The third kappa shape index (κ3) is 5.41. The summed E-state index contributed by atoms with van der Waals surface area (Å²) in [6.45, 7) is 5.28. The quantitative estimate of drug-likeness (QED) is 0.157. The van der Waals surface area contributed by atoms with E-state index in [1.54, 1.807) is 0 Å². The molecule has 0 spiro atoms. The molecule has 0 saturated heterocycles. The van der Waals surface area contributed by atoms with Crippen molar-refractivity contribution in [3.05, 3.63) is 91.0 Å². The maximum absolute atomic E-state index is 6.51. The van der Waals surface area contributed by atoms with Gasteiger partial charge in [-0.2, -0.15) is 0 Å². The number of unbranched alkanes of at least 4 members (excludes halogenated alkanes) is 1. The summed E-state index contributed by atoms with van der Waals surface area (Å²) >= 11 is -0.773. The van der Waals surface area contributed by atoms with E-state index in [0.29, 0.717) is 51.8 Å². The molecule has 0 fully saturated rings. The minimum absolute atomic E-state index is 0.573. The number of aromatic nitrogens is 8. The molecule has 2 aliphatic rings. The van der Waals surface area contributed by atoms with Crippen LogP contribution in [0.3, 0.4) is 0 Å². The molecule has 0 radical (unpaired) electrons. The Morgan fingerprint density at radius 1 is 0.560 bits per heavy atom. The van der Waals surface area contributed by atoms with E-state index < -0.39 is 18.9 Å². The summed E-state index contributed by atoms with van der Waals surface area (Å²) in [5.74, 6) is 2.96. The van der Waals surface area contributed by atoms with Crippen LogP contribution in [0.5, 0.6) is 0 Å². The van der Waals surface area contributed by atoms with E-state index in [1.807, 2.05) is 54.6 Å². The summed E-state index contributed by atoms with van der Waals surface area (Å²) in [4.78, 5) is 37.7. The van der Waals surface area contributed by atoms with Crippen LogP contribution in [-0.4, -0.2) is 46.5 Å².